The van der Waals surface area contributed by atoms with E-state index in [9.17, 15) is 0 Å². The lowest BCUT2D eigenvalue weighted by molar-refractivity contribution is 0.174. The first-order chi connectivity index (χ1) is 12.0. The maximum Gasteiger partial charge on any atom is 0.193 e. The zero-order valence-electron chi connectivity index (χ0n) is 16.7. The Kier molecular flexibility index (Phi) is 5.71. The fraction of sp³-hybridized carbons (Fsp3) is 0.762. The van der Waals surface area contributed by atoms with E-state index in [2.05, 4.69) is 57.1 Å². The van der Waals surface area contributed by atoms with E-state index in [0.29, 0.717) is 11.5 Å². The molecule has 2 saturated carbocycles. The third-order valence-corrected chi connectivity index (χ3v) is 12.0. The van der Waals surface area contributed by atoms with Gasteiger partial charge in [0, 0.05) is 18.8 Å². The maximum atomic E-state index is 6.82. The molecule has 140 valence electrons. The molecule has 1 aromatic heterocycles. The summed E-state index contributed by atoms with van der Waals surface area (Å²) >= 11 is 0. The van der Waals surface area contributed by atoms with Crippen LogP contribution in [0.3, 0.4) is 0 Å². The van der Waals surface area contributed by atoms with Crippen molar-refractivity contribution in [1.29, 1.82) is 0 Å². The predicted molar refractivity (Wildman–Crippen MR) is 107 cm³/mol. The van der Waals surface area contributed by atoms with E-state index >= 15 is 0 Å². The highest BCUT2D eigenvalue weighted by Crippen LogP contribution is 2.66. The summed E-state index contributed by atoms with van der Waals surface area (Å²) in [5, 5.41) is 3.83. The normalized spacial score (nSPS) is 28.6. The van der Waals surface area contributed by atoms with Crippen molar-refractivity contribution in [2.45, 2.75) is 77.7 Å². The van der Waals surface area contributed by atoms with Crippen molar-refractivity contribution in [3.63, 3.8) is 0 Å². The van der Waals surface area contributed by atoms with Gasteiger partial charge in [0.1, 0.15) is 0 Å². The Morgan fingerprint density at radius 1 is 1.16 bits per heavy atom. The van der Waals surface area contributed by atoms with Gasteiger partial charge < -0.3 is 9.74 Å². The molecular weight excluding hydrogens is 324 g/mol. The molecule has 3 unspecified atom stereocenters. The van der Waals surface area contributed by atoms with Crippen molar-refractivity contribution in [1.82, 2.24) is 10.3 Å². The average molecular weight is 361 g/mol. The molecule has 1 aromatic rings. The standard InChI is InChI=1S/C21H36N2OSi/c1-6-25(7-2,8-3)24-20(19-11-9-10-12-22-19)15-23-16-13-17-18(14-16)21(17,4)5/h9-12,16-18,20,23H,6-8,13-15H2,1-5H3. The number of fused-ring (bicyclic) bond motifs is 1. The summed E-state index contributed by atoms with van der Waals surface area (Å²) < 4.78 is 6.82. The minimum Gasteiger partial charge on any atom is -0.407 e. The molecule has 3 nitrogen and oxygen atoms in total. The van der Waals surface area contributed by atoms with Crippen molar-refractivity contribution >= 4 is 8.32 Å². The Hall–Kier alpha value is -0.713. The average Bonchev–Trinajstić information content (AvgIpc) is 2.99. The van der Waals surface area contributed by atoms with Crippen LogP contribution in [0.25, 0.3) is 0 Å². The summed E-state index contributed by atoms with van der Waals surface area (Å²) in [6.07, 6.45) is 4.67. The van der Waals surface area contributed by atoms with E-state index in [1.807, 2.05) is 12.3 Å². The van der Waals surface area contributed by atoms with Gasteiger partial charge in [0.2, 0.25) is 0 Å². The molecule has 25 heavy (non-hydrogen) atoms. The largest absolute Gasteiger partial charge is 0.407 e. The molecule has 4 heteroatoms. The van der Waals surface area contributed by atoms with Crippen LogP contribution in [0.1, 0.15) is 59.3 Å². The van der Waals surface area contributed by atoms with Crippen molar-refractivity contribution in [3.8, 4) is 0 Å². The molecule has 2 aliphatic carbocycles. The molecule has 0 amide bonds. The number of pyridine rings is 1. The topological polar surface area (TPSA) is 34.1 Å². The number of nitrogens with one attached hydrogen (secondary N) is 1. The molecule has 0 spiro atoms. The Bertz CT molecular complexity index is 536. The predicted octanol–water partition coefficient (Wildman–Crippen LogP) is 5.17. The first kappa shape index (κ1) is 19.1. The Labute approximate surface area is 155 Å². The monoisotopic (exact) mass is 360 g/mol. The quantitative estimate of drug-likeness (QED) is 0.617. The Morgan fingerprint density at radius 3 is 2.32 bits per heavy atom. The van der Waals surface area contributed by atoms with Gasteiger partial charge in [-0.15, -0.1) is 0 Å². The van der Waals surface area contributed by atoms with Crippen molar-refractivity contribution in [3.05, 3.63) is 30.1 Å². The van der Waals surface area contributed by atoms with Gasteiger partial charge in [-0.1, -0.05) is 40.7 Å². The summed E-state index contributed by atoms with van der Waals surface area (Å²) in [4.78, 5) is 4.62. The summed E-state index contributed by atoms with van der Waals surface area (Å²) in [7, 11) is -1.65. The van der Waals surface area contributed by atoms with Crippen molar-refractivity contribution < 1.29 is 4.43 Å². The molecule has 2 aliphatic rings. The van der Waals surface area contributed by atoms with Crippen LogP contribution in [0.4, 0.5) is 0 Å². The lowest BCUT2D eigenvalue weighted by Crippen LogP contribution is -2.41. The molecule has 0 aliphatic heterocycles. The second kappa shape index (κ2) is 7.49. The number of nitrogens with zero attached hydrogens (tertiary/aromatic N) is 1. The van der Waals surface area contributed by atoms with Crippen LogP contribution < -0.4 is 5.32 Å². The van der Waals surface area contributed by atoms with Gasteiger partial charge in [0.05, 0.1) is 11.8 Å². The molecule has 1 heterocycles. The fourth-order valence-electron chi connectivity index (χ4n) is 5.02. The molecule has 0 bridgehead atoms. The van der Waals surface area contributed by atoms with Gasteiger partial charge >= 0.3 is 0 Å². The second-order valence-electron chi connectivity index (χ2n) is 8.72. The highest BCUT2D eigenvalue weighted by atomic mass is 28.4. The smallest absolute Gasteiger partial charge is 0.193 e. The van der Waals surface area contributed by atoms with Crippen LogP contribution in [0.5, 0.6) is 0 Å². The third-order valence-electron chi connectivity index (χ3n) is 7.30. The lowest BCUT2D eigenvalue weighted by atomic mass is 9.98. The van der Waals surface area contributed by atoms with E-state index in [4.69, 9.17) is 4.43 Å². The van der Waals surface area contributed by atoms with Crippen LogP contribution in [-0.4, -0.2) is 25.9 Å². The van der Waals surface area contributed by atoms with E-state index in [-0.39, 0.29) is 6.10 Å². The van der Waals surface area contributed by atoms with Gasteiger partial charge in [0.25, 0.3) is 0 Å². The highest BCUT2D eigenvalue weighted by Gasteiger charge is 2.61. The summed E-state index contributed by atoms with van der Waals surface area (Å²) in [5.74, 6) is 1.88. The van der Waals surface area contributed by atoms with Gasteiger partial charge in [0.15, 0.2) is 8.32 Å². The molecule has 0 radical (unpaired) electrons. The molecule has 0 saturated heterocycles. The molecule has 3 rings (SSSR count). The molecule has 2 fully saturated rings. The molecule has 3 atom stereocenters. The van der Waals surface area contributed by atoms with Crippen LogP contribution >= 0.6 is 0 Å². The second-order valence-corrected chi connectivity index (χ2v) is 13.4. The zero-order chi connectivity index (χ0) is 18.1. The van der Waals surface area contributed by atoms with E-state index in [1.165, 1.54) is 31.0 Å². The van der Waals surface area contributed by atoms with E-state index in [0.717, 1.165) is 24.1 Å². The summed E-state index contributed by atoms with van der Waals surface area (Å²) in [6, 6.07) is 10.4. The molecule has 0 aromatic carbocycles. The SMILES string of the molecule is CC[Si](CC)(CC)OC(CNC1CC2C(C1)C2(C)C)c1ccccn1. The van der Waals surface area contributed by atoms with E-state index in [1.54, 1.807) is 0 Å². The van der Waals surface area contributed by atoms with E-state index < -0.39 is 8.32 Å². The van der Waals surface area contributed by atoms with Crippen molar-refractivity contribution in [2.24, 2.45) is 17.3 Å². The first-order valence-electron chi connectivity index (χ1n) is 10.3. The van der Waals surface area contributed by atoms with Gasteiger partial charge in [-0.3, -0.25) is 4.98 Å². The minimum absolute atomic E-state index is 0.0950. The zero-order valence-corrected chi connectivity index (χ0v) is 17.7. The highest BCUT2D eigenvalue weighted by molar-refractivity contribution is 6.73. The number of hydrogen-bond acceptors (Lipinski definition) is 3. The van der Waals surface area contributed by atoms with Crippen LogP contribution in [-0.2, 0) is 4.43 Å². The third kappa shape index (κ3) is 3.86. The van der Waals surface area contributed by atoms with Crippen molar-refractivity contribution in [2.75, 3.05) is 6.54 Å². The van der Waals surface area contributed by atoms with Crippen LogP contribution in [0.2, 0.25) is 18.1 Å². The molecule has 1 N–H and O–H groups in total. The van der Waals surface area contributed by atoms with Gasteiger partial charge in [-0.25, -0.2) is 0 Å². The van der Waals surface area contributed by atoms with Gasteiger partial charge in [-0.2, -0.15) is 0 Å². The maximum absolute atomic E-state index is 6.82. The van der Waals surface area contributed by atoms with Crippen LogP contribution in [0, 0.1) is 17.3 Å². The summed E-state index contributed by atoms with van der Waals surface area (Å²) in [5.41, 5.74) is 1.69. The first-order valence-corrected chi connectivity index (χ1v) is 12.8. The Morgan fingerprint density at radius 2 is 1.80 bits per heavy atom. The minimum atomic E-state index is -1.65. The number of rotatable bonds is 9. The lowest BCUT2D eigenvalue weighted by Gasteiger charge is -2.34. The van der Waals surface area contributed by atoms with Crippen LogP contribution in [0.15, 0.2) is 24.4 Å². The molecular formula is C21H36N2OSi. The number of hydrogen-bond donors (Lipinski definition) is 1. The summed E-state index contributed by atoms with van der Waals surface area (Å²) in [6.45, 7) is 12.7. The van der Waals surface area contributed by atoms with Gasteiger partial charge in [-0.05, 0) is 60.4 Å². The number of aromatic nitrogens is 1. The fourth-order valence-corrected chi connectivity index (χ4v) is 7.83. The Balaban J connectivity index is 1.63.